The first-order valence-electron chi connectivity index (χ1n) is 7.67. The third-order valence-corrected chi connectivity index (χ3v) is 5.77. The van der Waals surface area contributed by atoms with Gasteiger partial charge >= 0.3 is 0 Å². The van der Waals surface area contributed by atoms with Gasteiger partial charge in [0.1, 0.15) is 11.8 Å². The molecule has 23 heavy (non-hydrogen) atoms. The monoisotopic (exact) mass is 334 g/mol. The number of anilines is 1. The van der Waals surface area contributed by atoms with Crippen molar-refractivity contribution in [1.29, 1.82) is 0 Å². The summed E-state index contributed by atoms with van der Waals surface area (Å²) in [5, 5.41) is 4.75. The topological polar surface area (TPSA) is 104 Å². The number of hydrogen-bond donors (Lipinski definition) is 2. The highest BCUT2D eigenvalue weighted by Gasteiger charge is 2.27. The average molecular weight is 334 g/mol. The summed E-state index contributed by atoms with van der Waals surface area (Å²) >= 11 is 0. The third kappa shape index (κ3) is 2.93. The summed E-state index contributed by atoms with van der Waals surface area (Å²) in [5.41, 5.74) is 1.54. The molecule has 2 N–H and O–H groups in total. The number of hydrogen-bond acceptors (Lipinski definition) is 7. The van der Waals surface area contributed by atoms with Crippen molar-refractivity contribution >= 4 is 26.8 Å². The van der Waals surface area contributed by atoms with E-state index in [9.17, 15) is 8.42 Å². The van der Waals surface area contributed by atoms with Crippen molar-refractivity contribution < 1.29 is 8.42 Å². The van der Waals surface area contributed by atoms with E-state index in [0.717, 1.165) is 37.3 Å². The van der Waals surface area contributed by atoms with Gasteiger partial charge in [-0.05, 0) is 12.8 Å². The Morgan fingerprint density at radius 1 is 1.22 bits per heavy atom. The lowest BCUT2D eigenvalue weighted by molar-refractivity contribution is 0.400. The molecule has 2 aromatic heterocycles. The van der Waals surface area contributed by atoms with E-state index < -0.39 is 9.84 Å². The third-order valence-electron chi connectivity index (χ3n) is 4.38. The van der Waals surface area contributed by atoms with Crippen LogP contribution < -0.4 is 10.2 Å². The normalized spacial score (nSPS) is 24.5. The number of aromatic nitrogens is 4. The van der Waals surface area contributed by atoms with Gasteiger partial charge in [0.25, 0.3) is 0 Å². The summed E-state index contributed by atoms with van der Waals surface area (Å²) in [6.45, 7) is 1.73. The Morgan fingerprint density at radius 2 is 2.04 bits per heavy atom. The Labute approximate surface area is 133 Å². The summed E-state index contributed by atoms with van der Waals surface area (Å²) in [6.07, 6.45) is 6.81. The van der Waals surface area contributed by atoms with Crippen molar-refractivity contribution in [2.24, 2.45) is 0 Å². The van der Waals surface area contributed by atoms with Crippen LogP contribution in [-0.4, -0.2) is 59.3 Å². The maximum atomic E-state index is 11.5. The highest BCUT2D eigenvalue weighted by atomic mass is 32.2. The van der Waals surface area contributed by atoms with E-state index >= 15 is 0 Å². The molecule has 0 saturated carbocycles. The van der Waals surface area contributed by atoms with E-state index in [4.69, 9.17) is 0 Å². The van der Waals surface area contributed by atoms with Crippen molar-refractivity contribution in [2.45, 2.75) is 24.9 Å². The van der Waals surface area contributed by atoms with Gasteiger partial charge < -0.3 is 15.2 Å². The van der Waals surface area contributed by atoms with Gasteiger partial charge in [0.15, 0.2) is 21.3 Å². The SMILES string of the molecule is O=S1(=O)C=CC(NC2CCN(c3ncnc4nc[nH]c34)CC2)C1. The lowest BCUT2D eigenvalue weighted by atomic mass is 10.0. The number of fused-ring (bicyclic) bond motifs is 1. The number of nitrogens with zero attached hydrogens (tertiary/aromatic N) is 4. The minimum atomic E-state index is -3.00. The first kappa shape index (κ1) is 14.6. The van der Waals surface area contributed by atoms with Crippen molar-refractivity contribution in [1.82, 2.24) is 25.3 Å². The number of piperidine rings is 1. The van der Waals surface area contributed by atoms with Crippen LogP contribution in [0, 0.1) is 0 Å². The zero-order valence-corrected chi connectivity index (χ0v) is 13.3. The van der Waals surface area contributed by atoms with Crippen LogP contribution in [0.4, 0.5) is 5.82 Å². The van der Waals surface area contributed by atoms with Crippen molar-refractivity contribution in [3.63, 3.8) is 0 Å². The maximum Gasteiger partial charge on any atom is 0.182 e. The lowest BCUT2D eigenvalue weighted by Crippen LogP contribution is -2.46. The molecule has 0 radical (unpaired) electrons. The molecule has 2 aliphatic heterocycles. The fourth-order valence-electron chi connectivity index (χ4n) is 3.23. The zero-order chi connectivity index (χ0) is 15.9. The summed E-state index contributed by atoms with van der Waals surface area (Å²) in [4.78, 5) is 18.0. The summed E-state index contributed by atoms with van der Waals surface area (Å²) < 4.78 is 22.9. The van der Waals surface area contributed by atoms with Crippen LogP contribution in [-0.2, 0) is 9.84 Å². The lowest BCUT2D eigenvalue weighted by Gasteiger charge is -2.34. The fourth-order valence-corrected chi connectivity index (χ4v) is 4.48. The molecule has 122 valence electrons. The highest BCUT2D eigenvalue weighted by molar-refractivity contribution is 7.94. The number of rotatable bonds is 3. The molecule has 0 amide bonds. The van der Waals surface area contributed by atoms with Gasteiger partial charge in [0.05, 0.1) is 12.1 Å². The van der Waals surface area contributed by atoms with Crippen LogP contribution in [0.1, 0.15) is 12.8 Å². The molecular formula is C14H18N6O2S. The Balaban J connectivity index is 1.40. The van der Waals surface area contributed by atoms with Crippen LogP contribution in [0.5, 0.6) is 0 Å². The van der Waals surface area contributed by atoms with Gasteiger partial charge in [-0.3, -0.25) is 0 Å². The second-order valence-electron chi connectivity index (χ2n) is 5.99. The van der Waals surface area contributed by atoms with Crippen molar-refractivity contribution in [3.8, 4) is 0 Å². The van der Waals surface area contributed by atoms with E-state index in [0.29, 0.717) is 11.7 Å². The summed E-state index contributed by atoms with van der Waals surface area (Å²) in [6, 6.07) is 0.267. The van der Waals surface area contributed by atoms with Crippen LogP contribution >= 0.6 is 0 Å². The standard InChI is InChI=1S/C14H18N6O2S/c21-23(22)6-3-11(7-23)19-10-1-4-20(5-2-10)14-12-13(16-8-15-12)17-9-18-14/h3,6,8-11,19H,1-2,4-5,7H2,(H,15,16,17,18). The Morgan fingerprint density at radius 3 is 2.78 bits per heavy atom. The van der Waals surface area contributed by atoms with E-state index in [2.05, 4.69) is 30.2 Å². The van der Waals surface area contributed by atoms with Crippen LogP contribution in [0.2, 0.25) is 0 Å². The molecule has 2 aliphatic rings. The Bertz CT molecular complexity index is 838. The quantitative estimate of drug-likeness (QED) is 0.827. The molecule has 4 rings (SSSR count). The molecule has 0 aromatic carbocycles. The van der Waals surface area contributed by atoms with Gasteiger partial charge in [0.2, 0.25) is 0 Å². The van der Waals surface area contributed by atoms with E-state index in [1.165, 1.54) is 11.7 Å². The van der Waals surface area contributed by atoms with Gasteiger partial charge in [-0.2, -0.15) is 0 Å². The largest absolute Gasteiger partial charge is 0.355 e. The second-order valence-corrected chi connectivity index (χ2v) is 7.92. The van der Waals surface area contributed by atoms with Gasteiger partial charge in [-0.25, -0.2) is 23.4 Å². The Kier molecular flexibility index (Phi) is 3.53. The number of aromatic amines is 1. The first-order valence-corrected chi connectivity index (χ1v) is 9.38. The minimum absolute atomic E-state index is 0.0603. The number of H-pyrrole nitrogens is 1. The van der Waals surface area contributed by atoms with E-state index in [1.807, 2.05) is 0 Å². The molecule has 1 unspecified atom stereocenters. The number of sulfone groups is 1. The van der Waals surface area contributed by atoms with E-state index in [-0.39, 0.29) is 11.8 Å². The zero-order valence-electron chi connectivity index (χ0n) is 12.5. The first-order chi connectivity index (χ1) is 11.1. The second kappa shape index (κ2) is 5.57. The van der Waals surface area contributed by atoms with Crippen molar-refractivity contribution in [2.75, 3.05) is 23.7 Å². The van der Waals surface area contributed by atoms with Gasteiger partial charge in [0, 0.05) is 30.6 Å². The van der Waals surface area contributed by atoms with Crippen LogP contribution in [0.15, 0.2) is 24.1 Å². The van der Waals surface area contributed by atoms with Crippen molar-refractivity contribution in [3.05, 3.63) is 24.1 Å². The predicted octanol–water partition coefficient (Wildman–Crippen LogP) is 0.222. The summed E-state index contributed by atoms with van der Waals surface area (Å²) in [5.74, 6) is 1.06. The molecule has 1 saturated heterocycles. The van der Waals surface area contributed by atoms with Gasteiger partial charge in [-0.15, -0.1) is 0 Å². The molecular weight excluding hydrogens is 316 g/mol. The molecule has 1 fully saturated rings. The van der Waals surface area contributed by atoms with Crippen LogP contribution in [0.25, 0.3) is 11.2 Å². The molecule has 0 bridgehead atoms. The minimum Gasteiger partial charge on any atom is -0.355 e. The Hall–Kier alpha value is -2.00. The predicted molar refractivity (Wildman–Crippen MR) is 86.8 cm³/mol. The number of imidazole rings is 1. The molecule has 4 heterocycles. The molecule has 8 nitrogen and oxygen atoms in total. The molecule has 1 atom stereocenters. The van der Waals surface area contributed by atoms with Gasteiger partial charge in [-0.1, -0.05) is 6.08 Å². The van der Waals surface area contributed by atoms with E-state index in [1.54, 1.807) is 12.4 Å². The molecule has 0 aliphatic carbocycles. The fraction of sp³-hybridized carbons (Fsp3) is 0.500. The average Bonchev–Trinajstić information content (AvgIpc) is 3.14. The summed E-state index contributed by atoms with van der Waals surface area (Å²) in [7, 11) is -3.00. The highest BCUT2D eigenvalue weighted by Crippen LogP contribution is 2.23. The van der Waals surface area contributed by atoms with Crippen LogP contribution in [0.3, 0.4) is 0 Å². The molecule has 0 spiro atoms. The maximum absolute atomic E-state index is 11.5. The molecule has 2 aromatic rings. The molecule has 9 heteroatoms. The smallest absolute Gasteiger partial charge is 0.182 e. The number of nitrogens with one attached hydrogen (secondary N) is 2.